The minimum absolute atomic E-state index is 0.0171. The van der Waals surface area contributed by atoms with Gasteiger partial charge in [-0.1, -0.05) is 36.6 Å². The molecule has 0 unspecified atom stereocenters. The summed E-state index contributed by atoms with van der Waals surface area (Å²) in [5, 5.41) is 13.4. The molecule has 25 heavy (non-hydrogen) atoms. The van der Waals surface area contributed by atoms with Crippen molar-refractivity contribution in [2.24, 2.45) is 5.16 Å². The number of pyridine rings is 1. The van der Waals surface area contributed by atoms with Gasteiger partial charge >= 0.3 is 0 Å². The summed E-state index contributed by atoms with van der Waals surface area (Å²) >= 11 is 0. The van der Waals surface area contributed by atoms with Gasteiger partial charge in [-0.15, -0.1) is 0 Å². The van der Waals surface area contributed by atoms with E-state index < -0.39 is 0 Å². The Bertz CT molecular complexity index is 732. The third kappa shape index (κ3) is 3.84. The maximum atomic E-state index is 9.69. The molecular formula is C21H26N2O2. The monoisotopic (exact) mass is 338 g/mol. The van der Waals surface area contributed by atoms with Crippen molar-refractivity contribution in [3.05, 3.63) is 59.4 Å². The zero-order chi connectivity index (χ0) is 17.7. The number of hydrogen-bond acceptors (Lipinski definition) is 4. The van der Waals surface area contributed by atoms with Crippen molar-refractivity contribution in [2.75, 3.05) is 7.11 Å². The van der Waals surface area contributed by atoms with E-state index in [9.17, 15) is 5.21 Å². The summed E-state index contributed by atoms with van der Waals surface area (Å²) in [7, 11) is 1.69. The number of aromatic nitrogens is 1. The summed E-state index contributed by atoms with van der Waals surface area (Å²) in [5.74, 6) is 0.871. The summed E-state index contributed by atoms with van der Waals surface area (Å²) in [4.78, 5) is 4.25. The Balaban J connectivity index is 1.94. The predicted molar refractivity (Wildman–Crippen MR) is 99.7 cm³/mol. The lowest BCUT2D eigenvalue weighted by atomic mass is 9.66. The fourth-order valence-electron chi connectivity index (χ4n) is 3.98. The van der Waals surface area contributed by atoms with Crippen LogP contribution in [0.25, 0.3) is 0 Å². The molecule has 2 aromatic rings. The third-order valence-corrected chi connectivity index (χ3v) is 5.37. The first-order valence-electron chi connectivity index (χ1n) is 8.95. The number of rotatable bonds is 5. The van der Waals surface area contributed by atoms with E-state index in [1.165, 1.54) is 24.8 Å². The Morgan fingerprint density at radius 3 is 2.48 bits per heavy atom. The Morgan fingerprint density at radius 1 is 1.16 bits per heavy atom. The maximum Gasteiger partial charge on any atom is 0.118 e. The molecule has 1 aromatic carbocycles. The standard InChI is InChI=1S/C21H26N2O2/c1-16-14-17(10-13-22-16)20(23-24)15-21(11-4-3-5-12-21)18-6-8-19(25-2)9-7-18/h6-10,13-14,24H,3-5,11-12,15H2,1-2H3/b23-20+. The number of benzene rings is 1. The van der Waals surface area contributed by atoms with Crippen LogP contribution in [0.4, 0.5) is 0 Å². The second kappa shape index (κ2) is 7.68. The van der Waals surface area contributed by atoms with Crippen LogP contribution in [0.1, 0.15) is 55.3 Å². The summed E-state index contributed by atoms with van der Waals surface area (Å²) in [6.07, 6.45) is 8.43. The van der Waals surface area contributed by atoms with Crippen LogP contribution in [-0.2, 0) is 5.41 Å². The van der Waals surface area contributed by atoms with Crippen molar-refractivity contribution < 1.29 is 9.94 Å². The Labute approximate surface area is 149 Å². The van der Waals surface area contributed by atoms with E-state index in [-0.39, 0.29) is 5.41 Å². The van der Waals surface area contributed by atoms with Crippen LogP contribution in [0.2, 0.25) is 0 Å². The molecule has 1 fully saturated rings. The van der Waals surface area contributed by atoms with Crippen LogP contribution in [0, 0.1) is 6.92 Å². The molecular weight excluding hydrogens is 312 g/mol. The maximum absolute atomic E-state index is 9.69. The fourth-order valence-corrected chi connectivity index (χ4v) is 3.98. The zero-order valence-corrected chi connectivity index (χ0v) is 15.0. The second-order valence-corrected chi connectivity index (χ2v) is 6.98. The molecule has 0 amide bonds. The van der Waals surface area contributed by atoms with Crippen LogP contribution in [0.3, 0.4) is 0 Å². The number of hydrogen-bond donors (Lipinski definition) is 1. The molecule has 1 aliphatic rings. The topological polar surface area (TPSA) is 54.7 Å². The second-order valence-electron chi connectivity index (χ2n) is 6.98. The minimum Gasteiger partial charge on any atom is -0.497 e. The van der Waals surface area contributed by atoms with Gasteiger partial charge in [-0.25, -0.2) is 0 Å². The SMILES string of the molecule is COc1ccc(C2(C/C(=N\O)c3ccnc(C)c3)CCCCC2)cc1. The van der Waals surface area contributed by atoms with Gasteiger partial charge in [0.2, 0.25) is 0 Å². The lowest BCUT2D eigenvalue weighted by Crippen LogP contribution is -2.32. The van der Waals surface area contributed by atoms with Crippen molar-refractivity contribution in [1.29, 1.82) is 0 Å². The highest BCUT2D eigenvalue weighted by molar-refractivity contribution is 6.01. The van der Waals surface area contributed by atoms with Gasteiger partial charge in [0, 0.05) is 29.3 Å². The normalized spacial score (nSPS) is 17.3. The van der Waals surface area contributed by atoms with Gasteiger partial charge in [0.1, 0.15) is 5.75 Å². The van der Waals surface area contributed by atoms with Gasteiger partial charge in [0.05, 0.1) is 12.8 Å². The number of nitrogens with zero attached hydrogens (tertiary/aromatic N) is 2. The molecule has 0 radical (unpaired) electrons. The molecule has 0 aliphatic heterocycles. The summed E-state index contributed by atoms with van der Waals surface area (Å²) < 4.78 is 5.30. The molecule has 1 saturated carbocycles. The van der Waals surface area contributed by atoms with Crippen molar-refractivity contribution in [2.45, 2.75) is 50.9 Å². The van der Waals surface area contributed by atoms with Gasteiger partial charge in [-0.3, -0.25) is 4.98 Å². The molecule has 0 bridgehead atoms. The van der Waals surface area contributed by atoms with Crippen molar-refractivity contribution in [3.63, 3.8) is 0 Å². The molecule has 4 nitrogen and oxygen atoms in total. The largest absolute Gasteiger partial charge is 0.497 e. The van der Waals surface area contributed by atoms with E-state index in [0.29, 0.717) is 0 Å². The summed E-state index contributed by atoms with van der Waals surface area (Å²) in [6, 6.07) is 12.3. The third-order valence-electron chi connectivity index (χ3n) is 5.37. The van der Waals surface area contributed by atoms with Gasteiger partial charge in [-0.05, 0) is 49.6 Å². The average Bonchev–Trinajstić information content (AvgIpc) is 2.67. The van der Waals surface area contributed by atoms with Gasteiger partial charge < -0.3 is 9.94 Å². The van der Waals surface area contributed by atoms with Crippen molar-refractivity contribution in [1.82, 2.24) is 4.98 Å². The fraction of sp³-hybridized carbons (Fsp3) is 0.429. The van der Waals surface area contributed by atoms with E-state index in [1.807, 2.05) is 31.2 Å². The number of methoxy groups -OCH3 is 1. The van der Waals surface area contributed by atoms with E-state index in [0.717, 1.165) is 42.0 Å². The molecule has 1 heterocycles. The van der Waals surface area contributed by atoms with Crippen LogP contribution in [0.5, 0.6) is 5.75 Å². The Hall–Kier alpha value is -2.36. The van der Waals surface area contributed by atoms with E-state index in [2.05, 4.69) is 22.3 Å². The molecule has 1 N–H and O–H groups in total. The quantitative estimate of drug-likeness (QED) is 0.481. The Morgan fingerprint density at radius 2 is 1.88 bits per heavy atom. The first-order chi connectivity index (χ1) is 12.2. The van der Waals surface area contributed by atoms with Crippen molar-refractivity contribution >= 4 is 5.71 Å². The first kappa shape index (κ1) is 17.5. The minimum atomic E-state index is 0.0171. The molecule has 1 aromatic heterocycles. The first-order valence-corrected chi connectivity index (χ1v) is 8.95. The lowest BCUT2D eigenvalue weighted by Gasteiger charge is -2.38. The smallest absolute Gasteiger partial charge is 0.118 e. The van der Waals surface area contributed by atoms with E-state index in [4.69, 9.17) is 4.74 Å². The predicted octanol–water partition coefficient (Wildman–Crippen LogP) is 4.87. The molecule has 4 heteroatoms. The van der Waals surface area contributed by atoms with Crippen LogP contribution >= 0.6 is 0 Å². The Kier molecular flexibility index (Phi) is 5.37. The van der Waals surface area contributed by atoms with Crippen molar-refractivity contribution in [3.8, 4) is 5.75 Å². The zero-order valence-electron chi connectivity index (χ0n) is 15.0. The highest BCUT2D eigenvalue weighted by Crippen LogP contribution is 2.43. The van der Waals surface area contributed by atoms with Gasteiger partial charge in [0.15, 0.2) is 0 Å². The number of aryl methyl sites for hydroxylation is 1. The molecule has 1 aliphatic carbocycles. The summed E-state index contributed by atoms with van der Waals surface area (Å²) in [5.41, 5.74) is 3.95. The molecule has 0 saturated heterocycles. The van der Waals surface area contributed by atoms with Crippen LogP contribution in [0.15, 0.2) is 47.8 Å². The molecule has 0 spiro atoms. The highest BCUT2D eigenvalue weighted by Gasteiger charge is 2.35. The molecule has 0 atom stereocenters. The number of oxime groups is 1. The number of ether oxygens (including phenoxy) is 1. The average molecular weight is 338 g/mol. The molecule has 132 valence electrons. The van der Waals surface area contributed by atoms with E-state index >= 15 is 0 Å². The van der Waals surface area contributed by atoms with Gasteiger partial charge in [0.25, 0.3) is 0 Å². The molecule has 3 rings (SSSR count). The van der Waals surface area contributed by atoms with Crippen LogP contribution in [-0.4, -0.2) is 23.0 Å². The van der Waals surface area contributed by atoms with Gasteiger partial charge in [-0.2, -0.15) is 0 Å². The highest BCUT2D eigenvalue weighted by atomic mass is 16.5. The lowest BCUT2D eigenvalue weighted by molar-refractivity contribution is 0.288. The van der Waals surface area contributed by atoms with Crippen LogP contribution < -0.4 is 4.74 Å². The summed E-state index contributed by atoms with van der Waals surface area (Å²) in [6.45, 7) is 1.96. The van der Waals surface area contributed by atoms with E-state index in [1.54, 1.807) is 13.3 Å².